The molecule has 0 aliphatic heterocycles. The number of hydrogen-bond donors (Lipinski definition) is 0. The summed E-state index contributed by atoms with van der Waals surface area (Å²) >= 11 is 0. The van der Waals surface area contributed by atoms with Crippen LogP contribution in [0.25, 0.3) is 0 Å². The van der Waals surface area contributed by atoms with E-state index >= 15 is 0 Å². The Balaban J connectivity index is 4.92. The summed E-state index contributed by atoms with van der Waals surface area (Å²) in [6.45, 7) is 18.2. The summed E-state index contributed by atoms with van der Waals surface area (Å²) in [5.41, 5.74) is 0. The van der Waals surface area contributed by atoms with Gasteiger partial charge in [-0.3, -0.25) is 0 Å². The summed E-state index contributed by atoms with van der Waals surface area (Å²) in [6, 6.07) is 9.24. The van der Waals surface area contributed by atoms with Gasteiger partial charge in [0.05, 0.1) is 0 Å². The zero-order valence-corrected chi connectivity index (χ0v) is 20.9. The van der Waals surface area contributed by atoms with E-state index in [-0.39, 0.29) is 0 Å². The fraction of sp³-hybridized carbons (Fsp3) is 1.00. The molecule has 0 aromatic heterocycles. The molecule has 2 radical (unpaired) electrons. The fourth-order valence-corrected chi connectivity index (χ4v) is 17.6. The van der Waals surface area contributed by atoms with Crippen molar-refractivity contribution in [1.29, 1.82) is 0 Å². The molecule has 0 atom stereocenters. The molecule has 0 unspecified atom stereocenters. The Kier molecular flexibility index (Phi) is 12.6. The van der Waals surface area contributed by atoms with E-state index in [0.29, 0.717) is 0 Å². The van der Waals surface area contributed by atoms with Crippen LogP contribution in [0.15, 0.2) is 0 Å². The summed E-state index contributed by atoms with van der Waals surface area (Å²) in [6.07, 6.45) is 0. The van der Waals surface area contributed by atoms with Crippen LogP contribution < -0.4 is 0 Å². The summed E-state index contributed by atoms with van der Waals surface area (Å²) < 4.78 is 19.8. The Labute approximate surface area is 151 Å². The third kappa shape index (κ3) is 7.25. The highest BCUT2D eigenvalue weighted by Crippen LogP contribution is 2.26. The normalized spacial score (nSPS) is 13.3. The van der Waals surface area contributed by atoms with Crippen molar-refractivity contribution in [3.8, 4) is 0 Å². The van der Waals surface area contributed by atoms with E-state index in [9.17, 15) is 0 Å². The molecule has 0 N–H and O–H groups in total. The number of rotatable bonds is 14. The molecule has 0 heterocycles. The minimum atomic E-state index is -1.57. The SMILES string of the molecule is CC[Si](O[Si](CC)O[Si](CC)(CC)CC)O[Si](CC)(CC)CC. The van der Waals surface area contributed by atoms with Crippen molar-refractivity contribution in [3.63, 3.8) is 0 Å². The van der Waals surface area contributed by atoms with E-state index in [0.717, 1.165) is 12.1 Å². The first-order valence-electron chi connectivity index (χ1n) is 9.71. The summed E-state index contributed by atoms with van der Waals surface area (Å²) in [7, 11) is -5.50. The second-order valence-electron chi connectivity index (χ2n) is 6.24. The maximum Gasteiger partial charge on any atom is 0.363 e. The molecule has 0 saturated carbocycles. The third-order valence-corrected chi connectivity index (χ3v) is 21.3. The maximum atomic E-state index is 6.66. The van der Waals surface area contributed by atoms with Gasteiger partial charge >= 0.3 is 18.6 Å². The van der Waals surface area contributed by atoms with Crippen molar-refractivity contribution in [1.82, 2.24) is 0 Å². The second-order valence-corrected chi connectivity index (χ2v) is 20.6. The molecule has 23 heavy (non-hydrogen) atoms. The minimum absolute atomic E-state index is 1.02. The van der Waals surface area contributed by atoms with Crippen LogP contribution in [0.2, 0.25) is 48.4 Å². The van der Waals surface area contributed by atoms with Crippen molar-refractivity contribution >= 4 is 35.2 Å². The highest BCUT2D eigenvalue weighted by Gasteiger charge is 2.38. The lowest BCUT2D eigenvalue weighted by Crippen LogP contribution is -2.48. The van der Waals surface area contributed by atoms with Gasteiger partial charge in [-0.2, -0.15) is 0 Å². The van der Waals surface area contributed by atoms with Gasteiger partial charge in [0.15, 0.2) is 16.6 Å². The van der Waals surface area contributed by atoms with Crippen LogP contribution in [0, 0.1) is 0 Å². The van der Waals surface area contributed by atoms with Crippen molar-refractivity contribution in [3.05, 3.63) is 0 Å². The molecule has 0 rings (SSSR count). The van der Waals surface area contributed by atoms with E-state index in [2.05, 4.69) is 55.4 Å². The summed E-state index contributed by atoms with van der Waals surface area (Å²) in [5, 5.41) is 0. The van der Waals surface area contributed by atoms with Gasteiger partial charge in [-0.1, -0.05) is 55.4 Å². The predicted molar refractivity (Wildman–Crippen MR) is 110 cm³/mol. The van der Waals surface area contributed by atoms with E-state index in [1.165, 1.54) is 36.3 Å². The van der Waals surface area contributed by atoms with Crippen LogP contribution in [0.4, 0.5) is 0 Å². The van der Waals surface area contributed by atoms with Gasteiger partial charge in [-0.05, 0) is 48.4 Å². The average Bonchev–Trinajstić information content (AvgIpc) is 2.62. The molecule has 0 aromatic rings. The first kappa shape index (κ1) is 23.7. The van der Waals surface area contributed by atoms with Gasteiger partial charge in [-0.25, -0.2) is 0 Å². The lowest BCUT2D eigenvalue weighted by atomic mass is 10.9. The van der Waals surface area contributed by atoms with Crippen molar-refractivity contribution in [2.24, 2.45) is 0 Å². The van der Waals surface area contributed by atoms with Gasteiger partial charge in [0.2, 0.25) is 0 Å². The smallest absolute Gasteiger partial charge is 0.363 e. The molecule has 0 aromatic carbocycles. The zero-order chi connectivity index (χ0) is 17.9. The zero-order valence-electron chi connectivity index (χ0n) is 16.9. The molecular weight excluding hydrogens is 353 g/mol. The van der Waals surface area contributed by atoms with E-state index in [4.69, 9.17) is 12.3 Å². The quantitative estimate of drug-likeness (QED) is 0.336. The largest absolute Gasteiger partial charge is 0.435 e. The van der Waals surface area contributed by atoms with E-state index < -0.39 is 35.2 Å². The molecule has 0 aliphatic carbocycles. The van der Waals surface area contributed by atoms with Crippen LogP contribution in [-0.2, 0) is 12.3 Å². The highest BCUT2D eigenvalue weighted by molar-refractivity contribution is 6.82. The molecule has 0 bridgehead atoms. The first-order chi connectivity index (χ1) is 10.9. The molecule has 0 fully saturated rings. The maximum absolute atomic E-state index is 6.66. The highest BCUT2D eigenvalue weighted by atomic mass is 28.5. The van der Waals surface area contributed by atoms with Crippen LogP contribution in [0.5, 0.6) is 0 Å². The van der Waals surface area contributed by atoms with Crippen molar-refractivity contribution in [2.75, 3.05) is 0 Å². The monoisotopic (exact) mass is 392 g/mol. The lowest BCUT2D eigenvalue weighted by molar-refractivity contribution is 0.355. The molecule has 7 heteroatoms. The first-order valence-corrected chi connectivity index (χ1v) is 17.8. The average molecular weight is 393 g/mol. The molecular formula is C16H40O3Si4. The van der Waals surface area contributed by atoms with Gasteiger partial charge in [-0.15, -0.1) is 0 Å². The third-order valence-electron chi connectivity index (χ3n) is 5.33. The second kappa shape index (κ2) is 12.2. The van der Waals surface area contributed by atoms with E-state index in [1.54, 1.807) is 0 Å². The topological polar surface area (TPSA) is 27.7 Å². The van der Waals surface area contributed by atoms with Gasteiger partial charge in [0.1, 0.15) is 0 Å². The van der Waals surface area contributed by atoms with Crippen LogP contribution in [0.3, 0.4) is 0 Å². The Bertz CT molecular complexity index is 253. The lowest BCUT2D eigenvalue weighted by Gasteiger charge is -2.35. The van der Waals surface area contributed by atoms with Crippen molar-refractivity contribution < 1.29 is 12.3 Å². The van der Waals surface area contributed by atoms with Gasteiger partial charge < -0.3 is 12.3 Å². The summed E-state index contributed by atoms with van der Waals surface area (Å²) in [4.78, 5) is 0. The van der Waals surface area contributed by atoms with Crippen LogP contribution in [-0.4, -0.2) is 35.2 Å². The van der Waals surface area contributed by atoms with Gasteiger partial charge in [0, 0.05) is 0 Å². The Hall–Kier alpha value is 0.748. The molecule has 138 valence electrons. The molecule has 0 aliphatic rings. The number of hydrogen-bond acceptors (Lipinski definition) is 3. The van der Waals surface area contributed by atoms with Crippen LogP contribution in [0.1, 0.15) is 55.4 Å². The standard InChI is InChI=1S/C16H40O3Si4/c1-9-20(18-22(11-3,12-4)13-5)17-21(10-2)19-23(14-6,15-7)16-8/h9-16H2,1-8H3. The Morgan fingerprint density at radius 3 is 0.957 bits per heavy atom. The predicted octanol–water partition coefficient (Wildman–Crippen LogP) is 6.06. The molecule has 0 saturated heterocycles. The molecule has 0 spiro atoms. The molecule has 3 nitrogen and oxygen atoms in total. The van der Waals surface area contributed by atoms with Crippen molar-refractivity contribution in [2.45, 2.75) is 104 Å². The Morgan fingerprint density at radius 2 is 0.783 bits per heavy atom. The summed E-state index contributed by atoms with van der Waals surface area (Å²) in [5.74, 6) is 0. The van der Waals surface area contributed by atoms with Gasteiger partial charge in [0.25, 0.3) is 0 Å². The fourth-order valence-electron chi connectivity index (χ4n) is 2.87. The van der Waals surface area contributed by atoms with Crippen LogP contribution >= 0.6 is 0 Å². The Morgan fingerprint density at radius 1 is 0.522 bits per heavy atom. The van der Waals surface area contributed by atoms with E-state index in [1.807, 2.05) is 0 Å². The minimum Gasteiger partial charge on any atom is -0.435 e. The molecule has 0 amide bonds.